The molecule has 94 valence electrons. The quantitative estimate of drug-likeness (QED) is 0.852. The van der Waals surface area contributed by atoms with Crippen molar-refractivity contribution in [3.05, 3.63) is 53.8 Å². The van der Waals surface area contributed by atoms with E-state index < -0.39 is 0 Å². The van der Waals surface area contributed by atoms with E-state index >= 15 is 0 Å². The van der Waals surface area contributed by atoms with Gasteiger partial charge in [0.2, 0.25) is 0 Å². The smallest absolute Gasteiger partial charge is 0.165 e. The van der Waals surface area contributed by atoms with Crippen molar-refractivity contribution in [1.29, 1.82) is 0 Å². The Labute approximate surface area is 110 Å². The lowest BCUT2D eigenvalue weighted by molar-refractivity contribution is 0.436. The molecule has 0 saturated heterocycles. The molecule has 0 amide bonds. The average molecular weight is 263 g/mol. The van der Waals surface area contributed by atoms with Crippen molar-refractivity contribution in [3.63, 3.8) is 0 Å². The first-order valence-electron chi connectivity index (χ1n) is 5.54. The third-order valence-corrected chi connectivity index (χ3v) is 3.39. The Hall–Kier alpha value is -1.52. The van der Waals surface area contributed by atoms with Crippen molar-refractivity contribution in [2.24, 2.45) is 5.73 Å². The van der Waals surface area contributed by atoms with E-state index in [4.69, 9.17) is 10.5 Å². The number of benzene rings is 2. The maximum Gasteiger partial charge on any atom is 0.165 e. The van der Waals surface area contributed by atoms with Crippen molar-refractivity contribution in [3.8, 4) is 11.5 Å². The summed E-state index contributed by atoms with van der Waals surface area (Å²) in [5.74, 6) is 0.440. The lowest BCUT2D eigenvalue weighted by Gasteiger charge is -2.13. The van der Waals surface area contributed by atoms with Crippen LogP contribution in [0.25, 0.3) is 0 Å². The molecule has 2 N–H and O–H groups in total. The zero-order valence-corrected chi connectivity index (χ0v) is 10.8. The second-order valence-electron chi connectivity index (χ2n) is 3.67. The summed E-state index contributed by atoms with van der Waals surface area (Å²) in [6.45, 7) is 0.362. The Morgan fingerprint density at radius 1 is 1.11 bits per heavy atom. The van der Waals surface area contributed by atoms with Crippen molar-refractivity contribution in [2.45, 2.75) is 11.4 Å². The summed E-state index contributed by atoms with van der Waals surface area (Å²) in [4.78, 5) is 1.05. The second kappa shape index (κ2) is 5.89. The van der Waals surface area contributed by atoms with Crippen molar-refractivity contribution in [1.82, 2.24) is 0 Å². The molecule has 2 aromatic carbocycles. The fraction of sp³-hybridized carbons (Fsp3) is 0.143. The van der Waals surface area contributed by atoms with Gasteiger partial charge in [-0.1, -0.05) is 18.2 Å². The third kappa shape index (κ3) is 2.66. The van der Waals surface area contributed by atoms with Crippen LogP contribution in [0.5, 0.6) is 11.5 Å². The van der Waals surface area contributed by atoms with E-state index in [-0.39, 0.29) is 11.6 Å². The SMILES string of the molecule is CSc1cccc(Oc2ccccc2F)c1CN. The zero-order chi connectivity index (χ0) is 13.0. The summed E-state index contributed by atoms with van der Waals surface area (Å²) in [5, 5.41) is 0. The van der Waals surface area contributed by atoms with Crippen LogP contribution in [0.15, 0.2) is 47.4 Å². The number of rotatable bonds is 4. The van der Waals surface area contributed by atoms with Crippen LogP contribution in [0, 0.1) is 5.82 Å². The van der Waals surface area contributed by atoms with Gasteiger partial charge in [0.05, 0.1) is 0 Å². The number of nitrogens with two attached hydrogens (primary N) is 1. The summed E-state index contributed by atoms with van der Waals surface area (Å²) in [6, 6.07) is 12.0. The van der Waals surface area contributed by atoms with Gasteiger partial charge >= 0.3 is 0 Å². The summed E-state index contributed by atoms with van der Waals surface area (Å²) < 4.78 is 19.1. The molecule has 0 aliphatic carbocycles. The fourth-order valence-electron chi connectivity index (χ4n) is 1.68. The monoisotopic (exact) mass is 263 g/mol. The van der Waals surface area contributed by atoms with E-state index in [9.17, 15) is 4.39 Å². The minimum absolute atomic E-state index is 0.213. The molecular formula is C14H14FNOS. The maximum atomic E-state index is 13.5. The van der Waals surface area contributed by atoms with E-state index in [0.29, 0.717) is 12.3 Å². The molecule has 0 spiro atoms. The van der Waals surface area contributed by atoms with Gasteiger partial charge in [-0.2, -0.15) is 0 Å². The summed E-state index contributed by atoms with van der Waals surface area (Å²) in [7, 11) is 0. The molecule has 0 fully saturated rings. The molecule has 0 bridgehead atoms. The highest BCUT2D eigenvalue weighted by atomic mass is 32.2. The lowest BCUT2D eigenvalue weighted by Crippen LogP contribution is -2.01. The highest BCUT2D eigenvalue weighted by Crippen LogP contribution is 2.32. The summed E-state index contributed by atoms with van der Waals surface area (Å²) >= 11 is 1.60. The zero-order valence-electron chi connectivity index (χ0n) is 10.0. The van der Waals surface area contributed by atoms with E-state index in [1.807, 2.05) is 18.4 Å². The second-order valence-corrected chi connectivity index (χ2v) is 4.52. The van der Waals surface area contributed by atoms with Crippen molar-refractivity contribution < 1.29 is 9.13 Å². The van der Waals surface area contributed by atoms with Gasteiger partial charge in [0, 0.05) is 17.0 Å². The van der Waals surface area contributed by atoms with Gasteiger partial charge in [-0.25, -0.2) is 4.39 Å². The molecule has 0 radical (unpaired) electrons. The number of halogens is 1. The highest BCUT2D eigenvalue weighted by Gasteiger charge is 2.10. The molecule has 2 rings (SSSR count). The van der Waals surface area contributed by atoms with Crippen molar-refractivity contribution >= 4 is 11.8 Å². The molecule has 2 nitrogen and oxygen atoms in total. The lowest BCUT2D eigenvalue weighted by atomic mass is 10.2. The molecule has 2 aromatic rings. The van der Waals surface area contributed by atoms with Gasteiger partial charge in [-0.3, -0.25) is 0 Å². The van der Waals surface area contributed by atoms with E-state index in [2.05, 4.69) is 0 Å². The van der Waals surface area contributed by atoms with Gasteiger partial charge < -0.3 is 10.5 Å². The highest BCUT2D eigenvalue weighted by molar-refractivity contribution is 7.98. The molecule has 0 aromatic heterocycles. The first-order chi connectivity index (χ1) is 8.76. The number of thioether (sulfide) groups is 1. The predicted molar refractivity (Wildman–Crippen MR) is 72.6 cm³/mol. The van der Waals surface area contributed by atoms with Gasteiger partial charge in [-0.05, 0) is 30.5 Å². The Kier molecular flexibility index (Phi) is 4.23. The molecule has 4 heteroatoms. The minimum atomic E-state index is -0.380. The van der Waals surface area contributed by atoms with Crippen LogP contribution in [-0.4, -0.2) is 6.26 Å². The first kappa shape index (κ1) is 12.9. The standard InChI is InChI=1S/C14H14FNOS/c1-18-14-8-4-7-12(10(14)9-16)17-13-6-3-2-5-11(13)15/h2-8H,9,16H2,1H3. The molecule has 0 aliphatic heterocycles. The molecule has 0 aliphatic rings. The number of hydrogen-bond acceptors (Lipinski definition) is 3. The van der Waals surface area contributed by atoms with Crippen LogP contribution in [0.3, 0.4) is 0 Å². The van der Waals surface area contributed by atoms with Crippen LogP contribution in [0.1, 0.15) is 5.56 Å². The summed E-state index contributed by atoms with van der Waals surface area (Å²) in [6.07, 6.45) is 1.97. The van der Waals surface area contributed by atoms with Crippen LogP contribution in [-0.2, 0) is 6.54 Å². The minimum Gasteiger partial charge on any atom is -0.454 e. The Bertz CT molecular complexity index is 545. The molecular weight excluding hydrogens is 249 g/mol. The Morgan fingerprint density at radius 3 is 2.50 bits per heavy atom. The molecule has 0 heterocycles. The fourth-order valence-corrected chi connectivity index (χ4v) is 2.32. The van der Waals surface area contributed by atoms with E-state index in [1.165, 1.54) is 6.07 Å². The van der Waals surface area contributed by atoms with Crippen LogP contribution in [0.4, 0.5) is 4.39 Å². The maximum absolute atomic E-state index is 13.5. The average Bonchev–Trinajstić information content (AvgIpc) is 2.41. The van der Waals surface area contributed by atoms with Crippen LogP contribution in [0.2, 0.25) is 0 Å². The Balaban J connectivity index is 2.37. The molecule has 0 unspecified atom stereocenters. The van der Waals surface area contributed by atoms with Gasteiger partial charge in [0.1, 0.15) is 5.75 Å². The first-order valence-corrected chi connectivity index (χ1v) is 6.77. The van der Waals surface area contributed by atoms with Gasteiger partial charge in [-0.15, -0.1) is 11.8 Å². The van der Waals surface area contributed by atoms with Gasteiger partial charge in [0.15, 0.2) is 11.6 Å². The van der Waals surface area contributed by atoms with Gasteiger partial charge in [0.25, 0.3) is 0 Å². The molecule has 0 atom stereocenters. The number of hydrogen-bond donors (Lipinski definition) is 1. The number of ether oxygens (including phenoxy) is 1. The predicted octanol–water partition coefficient (Wildman–Crippen LogP) is 3.80. The topological polar surface area (TPSA) is 35.2 Å². The number of para-hydroxylation sites is 1. The third-order valence-electron chi connectivity index (χ3n) is 2.57. The normalized spacial score (nSPS) is 10.4. The molecule has 0 saturated carbocycles. The van der Waals surface area contributed by atoms with Crippen LogP contribution >= 0.6 is 11.8 Å². The van der Waals surface area contributed by atoms with E-state index in [1.54, 1.807) is 36.0 Å². The Morgan fingerprint density at radius 2 is 1.83 bits per heavy atom. The molecule has 18 heavy (non-hydrogen) atoms. The largest absolute Gasteiger partial charge is 0.454 e. The van der Waals surface area contributed by atoms with Crippen molar-refractivity contribution in [2.75, 3.05) is 6.26 Å². The summed E-state index contributed by atoms with van der Waals surface area (Å²) in [5.41, 5.74) is 6.63. The van der Waals surface area contributed by atoms with Crippen LogP contribution < -0.4 is 10.5 Å². The van der Waals surface area contributed by atoms with E-state index in [0.717, 1.165) is 10.5 Å².